The molecule has 0 spiro atoms. The van der Waals surface area contributed by atoms with Crippen molar-refractivity contribution in [1.82, 2.24) is 4.98 Å². The van der Waals surface area contributed by atoms with Crippen LogP contribution in [0, 0.1) is 0 Å². The molecule has 0 fully saturated rings. The molecule has 0 aliphatic heterocycles. The Balaban J connectivity index is 0.00000149. The van der Waals surface area contributed by atoms with E-state index in [2.05, 4.69) is 4.98 Å². The monoisotopic (exact) mass is 351 g/mol. The second kappa shape index (κ2) is 9.44. The Hall–Kier alpha value is -1.70. The number of pyridine rings is 1. The van der Waals surface area contributed by atoms with Gasteiger partial charge in [0, 0.05) is 11.1 Å². The van der Waals surface area contributed by atoms with Crippen LogP contribution in [0.15, 0.2) is 23.2 Å². The summed E-state index contributed by atoms with van der Waals surface area (Å²) in [6.45, 7) is 3.06. The predicted octanol–water partition coefficient (Wildman–Crippen LogP) is 2.89. The summed E-state index contributed by atoms with van der Waals surface area (Å²) >= 11 is 1.33. The Morgan fingerprint density at radius 1 is 1.35 bits per heavy atom. The highest BCUT2D eigenvalue weighted by atomic mass is 32.2. The van der Waals surface area contributed by atoms with Crippen molar-refractivity contribution >= 4 is 23.7 Å². The molecule has 0 saturated heterocycles. The first-order valence-electron chi connectivity index (χ1n) is 6.56. The topological polar surface area (TPSA) is 84.3 Å². The smallest absolute Gasteiger partial charge is 0.380 e. The number of carbonyl (C=O) groups is 1. The third-order valence-electron chi connectivity index (χ3n) is 2.90. The summed E-state index contributed by atoms with van der Waals surface area (Å²) in [5.41, 5.74) is -3.02. The van der Waals surface area contributed by atoms with Gasteiger partial charge in [0.2, 0.25) is 0 Å². The van der Waals surface area contributed by atoms with Crippen molar-refractivity contribution in [2.75, 3.05) is 5.75 Å². The number of rotatable bonds is 6. The minimum Gasteiger partial charge on any atom is -0.380 e. The molecule has 1 aromatic heterocycles. The highest BCUT2D eigenvalue weighted by molar-refractivity contribution is 7.99. The minimum absolute atomic E-state index is 0.0181. The molecule has 0 saturated carbocycles. The lowest BCUT2D eigenvalue weighted by molar-refractivity contribution is -0.259. The number of carbonyl (C=O) groups excluding carboxylic acids is 3. The molecule has 1 rings (SSSR count). The van der Waals surface area contributed by atoms with Crippen LogP contribution >= 0.6 is 11.8 Å². The van der Waals surface area contributed by atoms with E-state index in [4.69, 9.17) is 9.59 Å². The van der Waals surface area contributed by atoms with E-state index in [9.17, 15) is 23.1 Å². The third kappa shape index (κ3) is 6.13. The molecule has 0 radical (unpaired) electrons. The molecule has 1 heterocycles. The van der Waals surface area contributed by atoms with Gasteiger partial charge in [0.25, 0.3) is 0 Å². The fraction of sp³-hybridized carbons (Fsp3) is 0.500. The van der Waals surface area contributed by atoms with Gasteiger partial charge in [-0.1, -0.05) is 13.8 Å². The standard InChI is InChI=1S/C13H16F3NO2S.CO2/c1-3-12(19,13(14,15)16)8-9(18)11-10(20-4-2)6-5-7-17-11;2-1-3/h5-7,19H,3-4,8H2,1-2H3;. The first-order chi connectivity index (χ1) is 10.7. The van der Waals surface area contributed by atoms with Gasteiger partial charge in [-0.05, 0) is 24.3 Å². The Morgan fingerprint density at radius 2 is 1.91 bits per heavy atom. The first kappa shape index (κ1) is 21.3. The molecule has 0 bridgehead atoms. The molecule has 0 aliphatic carbocycles. The highest BCUT2D eigenvalue weighted by Crippen LogP contribution is 2.37. The Bertz CT molecular complexity index is 559. The summed E-state index contributed by atoms with van der Waals surface area (Å²) in [7, 11) is 0. The molecule has 23 heavy (non-hydrogen) atoms. The van der Waals surface area contributed by atoms with Gasteiger partial charge >= 0.3 is 12.3 Å². The van der Waals surface area contributed by atoms with Gasteiger partial charge < -0.3 is 5.11 Å². The fourth-order valence-electron chi connectivity index (χ4n) is 1.65. The number of aromatic nitrogens is 1. The molecule has 0 amide bonds. The summed E-state index contributed by atoms with van der Waals surface area (Å²) in [5, 5.41) is 9.63. The van der Waals surface area contributed by atoms with Crippen LogP contribution < -0.4 is 0 Å². The molecule has 128 valence electrons. The van der Waals surface area contributed by atoms with Crippen LogP contribution in [-0.4, -0.2) is 39.6 Å². The van der Waals surface area contributed by atoms with E-state index in [1.54, 1.807) is 12.1 Å². The van der Waals surface area contributed by atoms with Crippen LogP contribution in [-0.2, 0) is 9.59 Å². The molecule has 1 atom stereocenters. The molecule has 0 aliphatic rings. The number of nitrogens with zero attached hydrogens (tertiary/aromatic N) is 1. The minimum atomic E-state index is -4.84. The van der Waals surface area contributed by atoms with Crippen LogP contribution in [0.5, 0.6) is 0 Å². The number of Topliss-reactive ketones (excluding diaryl/α,β-unsaturated/α-hetero) is 1. The largest absolute Gasteiger partial charge is 0.417 e. The van der Waals surface area contributed by atoms with Crippen molar-refractivity contribution in [1.29, 1.82) is 0 Å². The molecular formula is C14H16F3NO4S. The summed E-state index contributed by atoms with van der Waals surface area (Å²) in [5.74, 6) is -0.133. The number of halogens is 3. The van der Waals surface area contributed by atoms with E-state index in [1.807, 2.05) is 6.92 Å². The normalized spacial score (nSPS) is 13.3. The van der Waals surface area contributed by atoms with Gasteiger partial charge in [0.15, 0.2) is 11.4 Å². The van der Waals surface area contributed by atoms with Crippen molar-refractivity contribution < 1.29 is 32.7 Å². The summed E-state index contributed by atoms with van der Waals surface area (Å²) in [6, 6.07) is 3.25. The second-order valence-corrected chi connectivity index (χ2v) is 5.66. The van der Waals surface area contributed by atoms with Crippen molar-refractivity contribution in [3.63, 3.8) is 0 Å². The lowest BCUT2D eigenvalue weighted by Crippen LogP contribution is -2.46. The summed E-state index contributed by atoms with van der Waals surface area (Å²) in [4.78, 5) is 32.7. The van der Waals surface area contributed by atoms with E-state index in [1.165, 1.54) is 24.9 Å². The maximum absolute atomic E-state index is 12.8. The lowest BCUT2D eigenvalue weighted by Gasteiger charge is -2.28. The fourth-order valence-corrected chi connectivity index (χ4v) is 2.44. The number of alkyl halides is 3. The van der Waals surface area contributed by atoms with Crippen LogP contribution in [0.4, 0.5) is 13.2 Å². The summed E-state index contributed by atoms with van der Waals surface area (Å²) in [6.07, 6.45) is -4.83. The predicted molar refractivity (Wildman–Crippen MR) is 75.9 cm³/mol. The van der Waals surface area contributed by atoms with Crippen LogP contribution in [0.2, 0.25) is 0 Å². The number of thioether (sulfide) groups is 1. The van der Waals surface area contributed by atoms with Crippen LogP contribution in [0.25, 0.3) is 0 Å². The van der Waals surface area contributed by atoms with Crippen LogP contribution in [0.1, 0.15) is 37.2 Å². The second-order valence-electron chi connectivity index (χ2n) is 4.35. The zero-order valence-electron chi connectivity index (χ0n) is 12.5. The van der Waals surface area contributed by atoms with E-state index in [-0.39, 0.29) is 11.8 Å². The molecule has 1 aromatic rings. The van der Waals surface area contributed by atoms with E-state index in [0.717, 1.165) is 0 Å². The Labute approximate surface area is 135 Å². The van der Waals surface area contributed by atoms with Gasteiger partial charge in [0.05, 0.1) is 6.42 Å². The molecule has 0 aromatic carbocycles. The zero-order valence-corrected chi connectivity index (χ0v) is 13.3. The van der Waals surface area contributed by atoms with Gasteiger partial charge in [-0.15, -0.1) is 11.8 Å². The molecule has 9 heteroatoms. The number of aliphatic hydroxyl groups is 1. The number of hydrogen-bond acceptors (Lipinski definition) is 6. The lowest BCUT2D eigenvalue weighted by atomic mass is 9.92. The molecule has 1 unspecified atom stereocenters. The van der Waals surface area contributed by atoms with E-state index >= 15 is 0 Å². The average molecular weight is 351 g/mol. The van der Waals surface area contributed by atoms with E-state index < -0.39 is 30.4 Å². The quantitative estimate of drug-likeness (QED) is 0.627. The SMILES string of the molecule is CCSc1cccnc1C(=O)CC(O)(CC)C(F)(F)F.O=C=O. The van der Waals surface area contributed by atoms with Crippen LogP contribution in [0.3, 0.4) is 0 Å². The zero-order chi connectivity index (χ0) is 18.1. The molecular weight excluding hydrogens is 335 g/mol. The maximum atomic E-state index is 12.8. The highest BCUT2D eigenvalue weighted by Gasteiger charge is 2.53. The van der Waals surface area contributed by atoms with Crippen molar-refractivity contribution in [2.45, 2.75) is 43.4 Å². The molecule has 5 nitrogen and oxygen atoms in total. The molecule has 1 N–H and O–H groups in total. The van der Waals surface area contributed by atoms with E-state index in [0.29, 0.717) is 10.6 Å². The van der Waals surface area contributed by atoms with Crippen molar-refractivity contribution in [2.24, 2.45) is 0 Å². The Kier molecular flexibility index (Phi) is 8.74. The number of ketones is 1. The summed E-state index contributed by atoms with van der Waals surface area (Å²) < 4.78 is 38.4. The van der Waals surface area contributed by atoms with Gasteiger partial charge in [-0.25, -0.2) is 0 Å². The third-order valence-corrected chi connectivity index (χ3v) is 3.83. The van der Waals surface area contributed by atoms with Gasteiger partial charge in [-0.3, -0.25) is 9.78 Å². The van der Waals surface area contributed by atoms with Crippen molar-refractivity contribution in [3.8, 4) is 0 Å². The maximum Gasteiger partial charge on any atom is 0.417 e. The Morgan fingerprint density at radius 3 is 2.35 bits per heavy atom. The van der Waals surface area contributed by atoms with Gasteiger partial charge in [-0.2, -0.15) is 22.8 Å². The number of hydrogen-bond donors (Lipinski definition) is 1. The van der Waals surface area contributed by atoms with Gasteiger partial charge in [0.1, 0.15) is 5.69 Å². The average Bonchev–Trinajstić information content (AvgIpc) is 2.47. The van der Waals surface area contributed by atoms with Crippen molar-refractivity contribution in [3.05, 3.63) is 24.0 Å². The first-order valence-corrected chi connectivity index (χ1v) is 7.54.